The molecule has 3 aromatic rings. The summed E-state index contributed by atoms with van der Waals surface area (Å²) in [5.74, 6) is -0.381. The molecule has 0 unspecified atom stereocenters. The number of benzene rings is 1. The molecule has 0 radical (unpaired) electrons. The lowest BCUT2D eigenvalue weighted by Gasteiger charge is -2.04. The highest BCUT2D eigenvalue weighted by Crippen LogP contribution is 2.30. The van der Waals surface area contributed by atoms with E-state index in [1.54, 1.807) is 28.5 Å². The van der Waals surface area contributed by atoms with Crippen molar-refractivity contribution >= 4 is 56.2 Å². The van der Waals surface area contributed by atoms with Gasteiger partial charge in [0.25, 0.3) is 0 Å². The van der Waals surface area contributed by atoms with Gasteiger partial charge in [-0.05, 0) is 30.5 Å². The Morgan fingerprint density at radius 2 is 2.29 bits per heavy atom. The minimum atomic E-state index is -0.381. The van der Waals surface area contributed by atoms with Gasteiger partial charge in [-0.1, -0.05) is 11.8 Å². The van der Waals surface area contributed by atoms with Gasteiger partial charge < -0.3 is 11.1 Å². The molecule has 3 rings (SSSR count). The van der Waals surface area contributed by atoms with Gasteiger partial charge in [0.1, 0.15) is 0 Å². The molecule has 3 N–H and O–H groups in total. The first kappa shape index (κ1) is 14.4. The highest BCUT2D eigenvalue weighted by atomic mass is 32.2. The third-order valence-electron chi connectivity index (χ3n) is 2.95. The molecule has 0 aliphatic carbocycles. The number of primary amides is 1. The van der Waals surface area contributed by atoms with Crippen LogP contribution in [0.15, 0.2) is 34.0 Å². The van der Waals surface area contributed by atoms with Crippen molar-refractivity contribution in [2.24, 2.45) is 5.73 Å². The number of carbonyl (C=O) groups excluding carboxylic acids is 1. The van der Waals surface area contributed by atoms with Gasteiger partial charge in [0.15, 0.2) is 4.34 Å². The van der Waals surface area contributed by atoms with E-state index in [1.165, 1.54) is 16.0 Å². The SMILES string of the molecule is CSc1nc2ccc(NCc3cc(C(N)=O)cs3)cc2s1. The minimum absolute atomic E-state index is 0.381. The molecule has 21 heavy (non-hydrogen) atoms. The zero-order valence-electron chi connectivity index (χ0n) is 11.3. The van der Waals surface area contributed by atoms with Crippen molar-refractivity contribution in [2.45, 2.75) is 10.9 Å². The van der Waals surface area contributed by atoms with Crippen LogP contribution in [0.5, 0.6) is 0 Å². The number of thioether (sulfide) groups is 1. The molecule has 7 heteroatoms. The Bertz CT molecular complexity index is 794. The Kier molecular flexibility index (Phi) is 4.14. The Labute approximate surface area is 134 Å². The first-order chi connectivity index (χ1) is 10.2. The van der Waals surface area contributed by atoms with Crippen LogP contribution >= 0.6 is 34.4 Å². The quantitative estimate of drug-likeness (QED) is 0.696. The summed E-state index contributed by atoms with van der Waals surface area (Å²) in [6.45, 7) is 0.678. The first-order valence-corrected chi connectivity index (χ1v) is 9.13. The predicted octanol–water partition coefficient (Wildman–Crippen LogP) is 3.79. The molecule has 2 aromatic heterocycles. The lowest BCUT2D eigenvalue weighted by molar-refractivity contribution is 0.100. The molecule has 0 saturated heterocycles. The van der Waals surface area contributed by atoms with Crippen molar-refractivity contribution in [3.8, 4) is 0 Å². The molecule has 0 aliphatic heterocycles. The summed E-state index contributed by atoms with van der Waals surface area (Å²) in [7, 11) is 0. The number of thiophene rings is 1. The summed E-state index contributed by atoms with van der Waals surface area (Å²) in [6, 6.07) is 7.98. The smallest absolute Gasteiger partial charge is 0.249 e. The maximum atomic E-state index is 11.1. The Hall–Kier alpha value is -1.57. The predicted molar refractivity (Wildman–Crippen MR) is 91.6 cm³/mol. The molecule has 0 bridgehead atoms. The van der Waals surface area contributed by atoms with Crippen molar-refractivity contribution in [3.63, 3.8) is 0 Å². The van der Waals surface area contributed by atoms with Gasteiger partial charge >= 0.3 is 0 Å². The van der Waals surface area contributed by atoms with Crippen LogP contribution in [0.2, 0.25) is 0 Å². The van der Waals surface area contributed by atoms with Gasteiger partial charge in [-0.2, -0.15) is 0 Å². The van der Waals surface area contributed by atoms with E-state index in [1.807, 2.05) is 24.5 Å². The monoisotopic (exact) mass is 335 g/mol. The van der Waals surface area contributed by atoms with Gasteiger partial charge in [0, 0.05) is 22.5 Å². The van der Waals surface area contributed by atoms with Gasteiger partial charge in [0.2, 0.25) is 5.91 Å². The first-order valence-electron chi connectivity index (χ1n) is 6.21. The fraction of sp³-hybridized carbons (Fsp3) is 0.143. The molecule has 2 heterocycles. The van der Waals surface area contributed by atoms with Crippen LogP contribution < -0.4 is 11.1 Å². The fourth-order valence-corrected chi connectivity index (χ4v) is 4.23. The van der Waals surface area contributed by atoms with Crippen LogP contribution in [0.25, 0.3) is 10.2 Å². The van der Waals surface area contributed by atoms with Crippen molar-refractivity contribution < 1.29 is 4.79 Å². The Morgan fingerprint density at radius 3 is 3.00 bits per heavy atom. The van der Waals surface area contributed by atoms with E-state index < -0.39 is 0 Å². The topological polar surface area (TPSA) is 68.0 Å². The molecule has 0 atom stereocenters. The molecular formula is C14H13N3OS3. The molecule has 0 saturated carbocycles. The second-order valence-electron chi connectivity index (χ2n) is 4.39. The van der Waals surface area contributed by atoms with E-state index >= 15 is 0 Å². The molecule has 0 spiro atoms. The van der Waals surface area contributed by atoms with Crippen molar-refractivity contribution in [1.29, 1.82) is 0 Å². The Morgan fingerprint density at radius 1 is 1.43 bits per heavy atom. The van der Waals surface area contributed by atoms with E-state index in [9.17, 15) is 4.79 Å². The number of nitrogens with two attached hydrogens (primary N) is 1. The zero-order chi connectivity index (χ0) is 14.8. The second-order valence-corrected chi connectivity index (χ2v) is 7.47. The van der Waals surface area contributed by atoms with Crippen LogP contribution in [0.3, 0.4) is 0 Å². The summed E-state index contributed by atoms with van der Waals surface area (Å²) < 4.78 is 2.25. The third-order valence-corrected chi connectivity index (χ3v) is 5.89. The Balaban J connectivity index is 1.73. The molecule has 0 fully saturated rings. The van der Waals surface area contributed by atoms with E-state index in [0.29, 0.717) is 12.1 Å². The van der Waals surface area contributed by atoms with E-state index in [2.05, 4.69) is 16.4 Å². The van der Waals surface area contributed by atoms with Crippen molar-refractivity contribution in [2.75, 3.05) is 11.6 Å². The summed E-state index contributed by atoms with van der Waals surface area (Å²) in [5.41, 5.74) is 7.90. The second kappa shape index (κ2) is 6.05. The number of hydrogen-bond acceptors (Lipinski definition) is 6. The number of hydrogen-bond donors (Lipinski definition) is 2. The van der Waals surface area contributed by atoms with Crippen LogP contribution in [-0.4, -0.2) is 17.1 Å². The van der Waals surface area contributed by atoms with Crippen molar-refractivity contribution in [3.05, 3.63) is 40.1 Å². The molecule has 1 aromatic carbocycles. The van der Waals surface area contributed by atoms with Gasteiger partial charge in [-0.15, -0.1) is 22.7 Å². The number of rotatable bonds is 5. The van der Waals surface area contributed by atoms with Gasteiger partial charge in [-0.3, -0.25) is 4.79 Å². The number of carbonyl (C=O) groups is 1. The van der Waals surface area contributed by atoms with Crippen LogP contribution in [-0.2, 0) is 6.54 Å². The van der Waals surface area contributed by atoms with E-state index in [0.717, 1.165) is 20.4 Å². The lowest BCUT2D eigenvalue weighted by atomic mass is 10.3. The standard InChI is InChI=1S/C14H13N3OS3/c1-19-14-17-11-3-2-9(5-12(11)21-14)16-6-10-4-8(7-20-10)13(15)18/h2-5,7,16H,6H2,1H3,(H2,15,18). The maximum absolute atomic E-state index is 11.1. The lowest BCUT2D eigenvalue weighted by Crippen LogP contribution is -2.09. The fourth-order valence-electron chi connectivity index (χ4n) is 1.89. The van der Waals surface area contributed by atoms with Gasteiger partial charge in [-0.25, -0.2) is 4.98 Å². The van der Waals surface area contributed by atoms with Crippen LogP contribution in [0.4, 0.5) is 5.69 Å². The molecule has 1 amide bonds. The number of anilines is 1. The summed E-state index contributed by atoms with van der Waals surface area (Å²) in [5, 5.41) is 5.15. The van der Waals surface area contributed by atoms with Gasteiger partial charge in [0.05, 0.1) is 15.8 Å². The van der Waals surface area contributed by atoms with Crippen LogP contribution in [0, 0.1) is 0 Å². The van der Waals surface area contributed by atoms with E-state index in [-0.39, 0.29) is 5.91 Å². The third kappa shape index (κ3) is 3.20. The van der Waals surface area contributed by atoms with Crippen molar-refractivity contribution in [1.82, 2.24) is 4.98 Å². The number of nitrogens with one attached hydrogen (secondary N) is 1. The number of thiazole rings is 1. The molecule has 108 valence electrons. The highest BCUT2D eigenvalue weighted by Gasteiger charge is 2.06. The average Bonchev–Trinajstić information content (AvgIpc) is 3.10. The van der Waals surface area contributed by atoms with E-state index in [4.69, 9.17) is 5.73 Å². The largest absolute Gasteiger partial charge is 0.380 e. The zero-order valence-corrected chi connectivity index (χ0v) is 13.7. The number of aromatic nitrogens is 1. The van der Waals surface area contributed by atoms with Crippen LogP contribution in [0.1, 0.15) is 15.2 Å². The summed E-state index contributed by atoms with van der Waals surface area (Å²) in [4.78, 5) is 16.7. The normalized spacial score (nSPS) is 10.9. The number of fused-ring (bicyclic) bond motifs is 1. The molecule has 4 nitrogen and oxygen atoms in total. The number of nitrogens with zero attached hydrogens (tertiary/aromatic N) is 1. The maximum Gasteiger partial charge on any atom is 0.249 e. The summed E-state index contributed by atoms with van der Waals surface area (Å²) >= 11 is 4.89. The molecular weight excluding hydrogens is 322 g/mol. The molecule has 0 aliphatic rings. The highest BCUT2D eigenvalue weighted by molar-refractivity contribution is 8.00. The minimum Gasteiger partial charge on any atom is -0.380 e. The summed E-state index contributed by atoms with van der Waals surface area (Å²) in [6.07, 6.45) is 2.03. The average molecular weight is 335 g/mol. The number of amides is 1.